The van der Waals surface area contributed by atoms with Gasteiger partial charge in [-0.1, -0.05) is 6.07 Å². The smallest absolute Gasteiger partial charge is 0.251 e. The van der Waals surface area contributed by atoms with E-state index in [1.54, 1.807) is 25.6 Å². The first-order valence-electron chi connectivity index (χ1n) is 11.0. The molecule has 0 aliphatic rings. The van der Waals surface area contributed by atoms with Crippen molar-refractivity contribution in [3.63, 3.8) is 0 Å². The number of hydrogen-bond acceptors (Lipinski definition) is 7. The van der Waals surface area contributed by atoms with Crippen LogP contribution in [0.15, 0.2) is 48.8 Å². The highest BCUT2D eigenvalue weighted by atomic mass is 16.5. The van der Waals surface area contributed by atoms with Crippen LogP contribution < -0.4 is 10.6 Å². The lowest BCUT2D eigenvalue weighted by atomic mass is 10.1. The second-order valence-corrected chi connectivity index (χ2v) is 7.82. The van der Waals surface area contributed by atoms with Crippen molar-refractivity contribution < 1.29 is 9.53 Å². The molecule has 10 nitrogen and oxygen atoms in total. The maximum atomic E-state index is 12.8. The van der Waals surface area contributed by atoms with Gasteiger partial charge in [0.25, 0.3) is 5.91 Å². The lowest BCUT2D eigenvalue weighted by Crippen LogP contribution is -2.23. The van der Waals surface area contributed by atoms with Crippen LogP contribution in [0.4, 0.5) is 5.69 Å². The van der Waals surface area contributed by atoms with Crippen molar-refractivity contribution in [1.29, 1.82) is 0 Å². The minimum Gasteiger partial charge on any atom is -0.383 e. The first-order chi connectivity index (χ1) is 16.5. The SMILES string of the molecule is COCCn1nc(C)c(CNC(=O)c2cccc(NCc3nc(-c4ccncc4)n[nH]3)c2)c1C. The molecule has 3 N–H and O–H groups in total. The number of nitrogens with one attached hydrogen (secondary N) is 3. The number of carbonyl (C=O) groups excluding carboxylic acids is 1. The molecule has 0 radical (unpaired) electrons. The van der Waals surface area contributed by atoms with Crippen molar-refractivity contribution in [2.45, 2.75) is 33.5 Å². The highest BCUT2D eigenvalue weighted by Crippen LogP contribution is 2.16. The molecule has 3 aromatic heterocycles. The van der Waals surface area contributed by atoms with Crippen LogP contribution in [-0.2, 0) is 24.4 Å². The standard InChI is InChI=1S/C24H28N8O2/c1-16-21(17(2)32(31-16)11-12-34-3)14-27-24(33)19-5-4-6-20(13-19)26-15-22-28-23(30-29-22)18-7-9-25-10-8-18/h4-10,13,26H,11-12,14-15H2,1-3H3,(H,27,33)(H,28,29,30). The Balaban J connectivity index is 1.35. The molecule has 0 spiro atoms. The molecule has 3 heterocycles. The van der Waals surface area contributed by atoms with E-state index in [4.69, 9.17) is 4.74 Å². The Morgan fingerprint density at radius 1 is 1.15 bits per heavy atom. The molecular formula is C24H28N8O2. The number of benzene rings is 1. The Hall–Kier alpha value is -4.05. The first-order valence-corrected chi connectivity index (χ1v) is 11.0. The van der Waals surface area contributed by atoms with Gasteiger partial charge in [-0.2, -0.15) is 10.2 Å². The molecule has 1 amide bonds. The molecule has 1 aromatic carbocycles. The van der Waals surface area contributed by atoms with Crippen molar-refractivity contribution in [3.8, 4) is 11.4 Å². The summed E-state index contributed by atoms with van der Waals surface area (Å²) < 4.78 is 7.05. The first kappa shape index (κ1) is 23.1. The Morgan fingerprint density at radius 2 is 1.97 bits per heavy atom. The van der Waals surface area contributed by atoms with Gasteiger partial charge < -0.3 is 15.4 Å². The maximum absolute atomic E-state index is 12.8. The summed E-state index contributed by atoms with van der Waals surface area (Å²) in [5, 5.41) is 18.0. The van der Waals surface area contributed by atoms with Crippen LogP contribution in [0.3, 0.4) is 0 Å². The molecular weight excluding hydrogens is 432 g/mol. The molecule has 4 rings (SSSR count). The summed E-state index contributed by atoms with van der Waals surface area (Å²) in [5.74, 6) is 1.16. The molecule has 4 aromatic rings. The van der Waals surface area contributed by atoms with E-state index in [1.165, 1.54) is 0 Å². The van der Waals surface area contributed by atoms with Crippen molar-refractivity contribution in [2.75, 3.05) is 19.0 Å². The summed E-state index contributed by atoms with van der Waals surface area (Å²) in [5.41, 5.74) is 5.24. The summed E-state index contributed by atoms with van der Waals surface area (Å²) in [7, 11) is 1.67. The van der Waals surface area contributed by atoms with Crippen LogP contribution in [0.25, 0.3) is 11.4 Å². The van der Waals surface area contributed by atoms with E-state index in [9.17, 15) is 4.79 Å². The maximum Gasteiger partial charge on any atom is 0.251 e. The van der Waals surface area contributed by atoms with E-state index in [2.05, 4.69) is 35.9 Å². The number of aryl methyl sites for hydroxylation is 1. The third-order valence-electron chi connectivity index (χ3n) is 5.52. The molecule has 0 unspecified atom stereocenters. The van der Waals surface area contributed by atoms with Gasteiger partial charge in [0, 0.05) is 54.1 Å². The van der Waals surface area contributed by atoms with E-state index < -0.39 is 0 Å². The Labute approximate surface area is 197 Å². The number of methoxy groups -OCH3 is 1. The fourth-order valence-electron chi connectivity index (χ4n) is 3.62. The number of amides is 1. The van der Waals surface area contributed by atoms with Crippen molar-refractivity contribution in [2.24, 2.45) is 0 Å². The monoisotopic (exact) mass is 460 g/mol. The van der Waals surface area contributed by atoms with Crippen LogP contribution in [-0.4, -0.2) is 49.6 Å². The predicted molar refractivity (Wildman–Crippen MR) is 128 cm³/mol. The number of aromatic amines is 1. The van der Waals surface area contributed by atoms with Crippen LogP contribution in [0.2, 0.25) is 0 Å². The highest BCUT2D eigenvalue weighted by molar-refractivity contribution is 5.95. The van der Waals surface area contributed by atoms with Gasteiger partial charge in [-0.25, -0.2) is 4.98 Å². The zero-order valence-corrected chi connectivity index (χ0v) is 19.5. The fraction of sp³-hybridized carbons (Fsp3) is 0.292. The fourth-order valence-corrected chi connectivity index (χ4v) is 3.62. The Bertz CT molecular complexity index is 1250. The minimum absolute atomic E-state index is 0.147. The number of ether oxygens (including phenoxy) is 1. The van der Waals surface area contributed by atoms with E-state index in [-0.39, 0.29) is 5.91 Å². The summed E-state index contributed by atoms with van der Waals surface area (Å²) in [6, 6.07) is 11.1. The number of aromatic nitrogens is 6. The largest absolute Gasteiger partial charge is 0.383 e. The zero-order chi connectivity index (χ0) is 23.9. The van der Waals surface area contributed by atoms with Gasteiger partial charge in [0.05, 0.1) is 25.4 Å². The average molecular weight is 461 g/mol. The number of carbonyl (C=O) groups is 1. The van der Waals surface area contributed by atoms with E-state index in [1.807, 2.05) is 48.9 Å². The molecule has 0 saturated heterocycles. The number of pyridine rings is 1. The number of rotatable bonds is 10. The van der Waals surface area contributed by atoms with E-state index in [0.29, 0.717) is 43.5 Å². The van der Waals surface area contributed by atoms with Gasteiger partial charge in [-0.05, 0) is 44.2 Å². The molecule has 34 heavy (non-hydrogen) atoms. The Kier molecular flexibility index (Phi) is 7.28. The average Bonchev–Trinajstić information content (AvgIpc) is 3.45. The molecule has 0 fully saturated rings. The molecule has 0 atom stereocenters. The third kappa shape index (κ3) is 5.46. The lowest BCUT2D eigenvalue weighted by molar-refractivity contribution is 0.0951. The topological polar surface area (TPSA) is 123 Å². The molecule has 0 saturated carbocycles. The van der Waals surface area contributed by atoms with Crippen LogP contribution in [0.5, 0.6) is 0 Å². The zero-order valence-electron chi connectivity index (χ0n) is 19.5. The highest BCUT2D eigenvalue weighted by Gasteiger charge is 2.14. The normalized spacial score (nSPS) is 10.9. The summed E-state index contributed by atoms with van der Waals surface area (Å²) >= 11 is 0. The number of H-pyrrole nitrogens is 1. The summed E-state index contributed by atoms with van der Waals surface area (Å²) in [6.45, 7) is 6.09. The van der Waals surface area contributed by atoms with Gasteiger partial charge in [-0.15, -0.1) is 0 Å². The summed E-state index contributed by atoms with van der Waals surface area (Å²) in [4.78, 5) is 21.3. The molecule has 0 aliphatic heterocycles. The van der Waals surface area contributed by atoms with Crippen molar-refractivity contribution >= 4 is 11.6 Å². The van der Waals surface area contributed by atoms with Gasteiger partial charge in [0.1, 0.15) is 5.82 Å². The number of anilines is 1. The third-order valence-corrected chi connectivity index (χ3v) is 5.52. The molecule has 0 aliphatic carbocycles. The van der Waals surface area contributed by atoms with Crippen molar-refractivity contribution in [1.82, 2.24) is 35.3 Å². The van der Waals surface area contributed by atoms with Crippen molar-refractivity contribution in [3.05, 3.63) is 77.1 Å². The van der Waals surface area contributed by atoms with Gasteiger partial charge >= 0.3 is 0 Å². The Morgan fingerprint density at radius 3 is 2.76 bits per heavy atom. The quantitative estimate of drug-likeness (QED) is 0.333. The van der Waals surface area contributed by atoms with E-state index >= 15 is 0 Å². The molecule has 10 heteroatoms. The molecule has 0 bridgehead atoms. The summed E-state index contributed by atoms with van der Waals surface area (Å²) in [6.07, 6.45) is 3.41. The number of hydrogen-bond donors (Lipinski definition) is 3. The van der Waals surface area contributed by atoms with Gasteiger partial charge in [-0.3, -0.25) is 19.6 Å². The van der Waals surface area contributed by atoms with Crippen LogP contribution in [0, 0.1) is 13.8 Å². The van der Waals surface area contributed by atoms with Crippen LogP contribution in [0.1, 0.15) is 33.1 Å². The predicted octanol–water partition coefficient (Wildman–Crippen LogP) is 2.87. The van der Waals surface area contributed by atoms with Gasteiger partial charge in [0.15, 0.2) is 5.82 Å². The van der Waals surface area contributed by atoms with Crippen LogP contribution >= 0.6 is 0 Å². The number of nitrogens with zero attached hydrogens (tertiary/aromatic N) is 5. The minimum atomic E-state index is -0.147. The van der Waals surface area contributed by atoms with E-state index in [0.717, 1.165) is 28.2 Å². The second kappa shape index (κ2) is 10.7. The lowest BCUT2D eigenvalue weighted by Gasteiger charge is -2.09. The second-order valence-electron chi connectivity index (χ2n) is 7.82. The van der Waals surface area contributed by atoms with Gasteiger partial charge in [0.2, 0.25) is 0 Å². The molecule has 176 valence electrons.